The van der Waals surface area contributed by atoms with Gasteiger partial charge in [0, 0.05) is 37.2 Å². The molecule has 4 heteroatoms. The third-order valence-electron chi connectivity index (χ3n) is 3.00. The summed E-state index contributed by atoms with van der Waals surface area (Å²) in [7, 11) is 0. The molecule has 0 spiro atoms. The third kappa shape index (κ3) is 2.42. The molecular formula is C14H17N3O. The summed E-state index contributed by atoms with van der Waals surface area (Å²) in [5.41, 5.74) is 2.72. The van der Waals surface area contributed by atoms with Gasteiger partial charge in [0.25, 0.3) is 5.56 Å². The van der Waals surface area contributed by atoms with Crippen LogP contribution in [0, 0.1) is 0 Å². The fraction of sp³-hybridized carbons (Fsp3) is 0.286. The molecule has 0 aliphatic heterocycles. The average Bonchev–Trinajstić information content (AvgIpc) is 2.43. The van der Waals surface area contributed by atoms with Crippen LogP contribution in [0.2, 0.25) is 0 Å². The van der Waals surface area contributed by atoms with Crippen LogP contribution in [-0.2, 0) is 0 Å². The van der Waals surface area contributed by atoms with E-state index in [2.05, 4.69) is 9.97 Å². The van der Waals surface area contributed by atoms with Gasteiger partial charge in [-0.05, 0) is 37.6 Å². The largest absolute Gasteiger partial charge is 0.368 e. The highest BCUT2D eigenvalue weighted by Crippen LogP contribution is 2.20. The highest BCUT2D eigenvalue weighted by molar-refractivity contribution is 5.66. The number of anilines is 1. The zero-order valence-corrected chi connectivity index (χ0v) is 10.7. The van der Waals surface area contributed by atoms with Gasteiger partial charge < -0.3 is 9.88 Å². The predicted molar refractivity (Wildman–Crippen MR) is 73.9 cm³/mol. The van der Waals surface area contributed by atoms with Crippen molar-refractivity contribution in [3.63, 3.8) is 0 Å². The Morgan fingerprint density at radius 2 is 1.83 bits per heavy atom. The smallest absolute Gasteiger partial charge is 0.271 e. The summed E-state index contributed by atoms with van der Waals surface area (Å²) in [6.07, 6.45) is 5.24. The van der Waals surface area contributed by atoms with Crippen molar-refractivity contribution in [3.8, 4) is 11.1 Å². The monoisotopic (exact) mass is 243 g/mol. The lowest BCUT2D eigenvalue weighted by molar-refractivity contribution is 0.856. The Balaban J connectivity index is 2.47. The van der Waals surface area contributed by atoms with Crippen molar-refractivity contribution in [2.24, 2.45) is 0 Å². The number of pyridine rings is 2. The minimum Gasteiger partial charge on any atom is -0.368 e. The maximum atomic E-state index is 11.9. The van der Waals surface area contributed by atoms with Crippen molar-refractivity contribution in [2.45, 2.75) is 13.8 Å². The van der Waals surface area contributed by atoms with Crippen molar-refractivity contribution in [1.29, 1.82) is 0 Å². The summed E-state index contributed by atoms with van der Waals surface area (Å²) >= 11 is 0. The maximum absolute atomic E-state index is 11.9. The van der Waals surface area contributed by atoms with Crippen molar-refractivity contribution < 1.29 is 0 Å². The van der Waals surface area contributed by atoms with Crippen LogP contribution in [-0.4, -0.2) is 23.1 Å². The highest BCUT2D eigenvalue weighted by Gasteiger charge is 2.08. The first-order valence-electron chi connectivity index (χ1n) is 6.14. The molecule has 94 valence electrons. The lowest BCUT2D eigenvalue weighted by Crippen LogP contribution is -2.28. The van der Waals surface area contributed by atoms with Crippen LogP contribution in [0.25, 0.3) is 11.1 Å². The molecule has 0 atom stereocenters. The quantitative estimate of drug-likeness (QED) is 0.896. The van der Waals surface area contributed by atoms with Crippen molar-refractivity contribution >= 4 is 5.69 Å². The molecule has 2 aromatic rings. The van der Waals surface area contributed by atoms with E-state index in [1.54, 1.807) is 18.6 Å². The second kappa shape index (κ2) is 5.49. The second-order valence-corrected chi connectivity index (χ2v) is 4.01. The van der Waals surface area contributed by atoms with Gasteiger partial charge in [0.05, 0.1) is 0 Å². The zero-order chi connectivity index (χ0) is 13.0. The number of aromatic nitrogens is 2. The first-order chi connectivity index (χ1) is 8.76. The predicted octanol–water partition coefficient (Wildman–Crippen LogP) is 2.28. The minimum absolute atomic E-state index is 0.0449. The molecule has 4 nitrogen and oxygen atoms in total. The van der Waals surface area contributed by atoms with Gasteiger partial charge >= 0.3 is 0 Å². The topological polar surface area (TPSA) is 49.0 Å². The zero-order valence-electron chi connectivity index (χ0n) is 10.7. The number of H-pyrrole nitrogens is 1. The van der Waals surface area contributed by atoms with E-state index in [1.165, 1.54) is 0 Å². The summed E-state index contributed by atoms with van der Waals surface area (Å²) in [5, 5.41) is 0. The van der Waals surface area contributed by atoms with Crippen molar-refractivity contribution in [3.05, 3.63) is 47.1 Å². The van der Waals surface area contributed by atoms with E-state index in [9.17, 15) is 4.79 Å². The fourth-order valence-corrected chi connectivity index (χ4v) is 1.98. The summed E-state index contributed by atoms with van der Waals surface area (Å²) < 4.78 is 0. The summed E-state index contributed by atoms with van der Waals surface area (Å²) in [6.45, 7) is 5.73. The van der Waals surface area contributed by atoms with Gasteiger partial charge in [-0.15, -0.1) is 0 Å². The standard InChI is InChI=1S/C14H17N3O/c1-3-17(4-2)13-9-12(10-16-14(13)18)11-5-7-15-8-6-11/h5-10H,3-4H2,1-2H3,(H,16,18). The normalized spacial score (nSPS) is 10.3. The molecule has 2 rings (SSSR count). The fourth-order valence-electron chi connectivity index (χ4n) is 1.98. The van der Waals surface area contributed by atoms with Gasteiger partial charge in [0.2, 0.25) is 0 Å². The number of nitrogens with one attached hydrogen (secondary N) is 1. The molecule has 0 unspecified atom stereocenters. The maximum Gasteiger partial charge on any atom is 0.271 e. The van der Waals surface area contributed by atoms with Crippen LogP contribution in [0.1, 0.15) is 13.8 Å². The highest BCUT2D eigenvalue weighted by atomic mass is 16.1. The van der Waals surface area contributed by atoms with E-state index in [1.807, 2.05) is 36.9 Å². The molecule has 0 aliphatic rings. The number of rotatable bonds is 4. The van der Waals surface area contributed by atoms with Crippen molar-refractivity contribution in [1.82, 2.24) is 9.97 Å². The van der Waals surface area contributed by atoms with Crippen LogP contribution in [0.15, 0.2) is 41.6 Å². The Kier molecular flexibility index (Phi) is 3.77. The summed E-state index contributed by atoms with van der Waals surface area (Å²) in [5.74, 6) is 0. The van der Waals surface area contributed by atoms with E-state index >= 15 is 0 Å². The molecule has 0 radical (unpaired) electrons. The lowest BCUT2D eigenvalue weighted by atomic mass is 10.1. The number of nitrogens with zero attached hydrogens (tertiary/aromatic N) is 2. The summed E-state index contributed by atoms with van der Waals surface area (Å²) in [6, 6.07) is 5.79. The van der Waals surface area contributed by atoms with Crippen LogP contribution in [0.5, 0.6) is 0 Å². The lowest BCUT2D eigenvalue weighted by Gasteiger charge is -2.20. The van der Waals surface area contributed by atoms with Crippen LogP contribution in [0.4, 0.5) is 5.69 Å². The third-order valence-corrected chi connectivity index (χ3v) is 3.00. The Bertz CT molecular complexity index is 559. The van der Waals surface area contributed by atoms with Gasteiger partial charge in [-0.25, -0.2) is 0 Å². The van der Waals surface area contributed by atoms with Crippen LogP contribution >= 0.6 is 0 Å². The first-order valence-corrected chi connectivity index (χ1v) is 6.14. The van der Waals surface area contributed by atoms with Crippen molar-refractivity contribution in [2.75, 3.05) is 18.0 Å². The Morgan fingerprint density at radius 1 is 1.17 bits per heavy atom. The Hall–Kier alpha value is -2.10. The van der Waals surface area contributed by atoms with E-state index in [-0.39, 0.29) is 5.56 Å². The molecule has 2 aromatic heterocycles. The Labute approximate surface area is 106 Å². The molecule has 0 amide bonds. The van der Waals surface area contributed by atoms with E-state index < -0.39 is 0 Å². The van der Waals surface area contributed by atoms with E-state index in [0.29, 0.717) is 5.69 Å². The van der Waals surface area contributed by atoms with Gasteiger partial charge in [0.1, 0.15) is 5.69 Å². The first kappa shape index (κ1) is 12.4. The average molecular weight is 243 g/mol. The minimum atomic E-state index is -0.0449. The number of aromatic amines is 1. The number of hydrogen-bond acceptors (Lipinski definition) is 3. The van der Waals surface area contributed by atoms with E-state index in [0.717, 1.165) is 24.2 Å². The summed E-state index contributed by atoms with van der Waals surface area (Å²) in [4.78, 5) is 20.7. The SMILES string of the molecule is CCN(CC)c1cc(-c2ccncc2)c[nH]c1=O. The van der Waals surface area contributed by atoms with Crippen LogP contribution in [0.3, 0.4) is 0 Å². The molecule has 0 bridgehead atoms. The molecule has 0 fully saturated rings. The molecule has 0 saturated heterocycles. The van der Waals surface area contributed by atoms with Crippen LogP contribution < -0.4 is 10.5 Å². The van der Waals surface area contributed by atoms with Gasteiger partial charge in [-0.1, -0.05) is 0 Å². The molecular weight excluding hydrogens is 226 g/mol. The Morgan fingerprint density at radius 3 is 2.44 bits per heavy atom. The molecule has 0 aliphatic carbocycles. The molecule has 18 heavy (non-hydrogen) atoms. The molecule has 0 aromatic carbocycles. The second-order valence-electron chi connectivity index (χ2n) is 4.01. The molecule has 2 heterocycles. The van der Waals surface area contributed by atoms with E-state index in [4.69, 9.17) is 0 Å². The van der Waals surface area contributed by atoms with Gasteiger partial charge in [0.15, 0.2) is 0 Å². The molecule has 1 N–H and O–H groups in total. The van der Waals surface area contributed by atoms with Gasteiger partial charge in [-0.2, -0.15) is 0 Å². The number of hydrogen-bond donors (Lipinski definition) is 1. The van der Waals surface area contributed by atoms with Gasteiger partial charge in [-0.3, -0.25) is 9.78 Å². The molecule has 0 saturated carbocycles.